The molecule has 1 aromatic carbocycles. The van der Waals surface area contributed by atoms with Crippen LogP contribution in [0.15, 0.2) is 24.3 Å². The lowest BCUT2D eigenvalue weighted by Crippen LogP contribution is -2.44. The van der Waals surface area contributed by atoms with Crippen molar-refractivity contribution in [3.8, 4) is 0 Å². The molecule has 0 aliphatic heterocycles. The molecule has 0 radical (unpaired) electrons. The van der Waals surface area contributed by atoms with Crippen LogP contribution < -0.4 is 5.32 Å². The van der Waals surface area contributed by atoms with E-state index >= 15 is 0 Å². The van der Waals surface area contributed by atoms with Gasteiger partial charge in [0, 0.05) is 17.9 Å². The Hall–Kier alpha value is -1.91. The monoisotopic (exact) mass is 361 g/mol. The molecule has 0 heterocycles. The second kappa shape index (κ2) is 8.19. The largest absolute Gasteiger partial charge is 0.481 e. The maximum absolute atomic E-state index is 13.3. The van der Waals surface area contributed by atoms with Crippen LogP contribution in [0.25, 0.3) is 0 Å². The van der Waals surface area contributed by atoms with Crippen molar-refractivity contribution in [1.82, 2.24) is 5.32 Å². The summed E-state index contributed by atoms with van der Waals surface area (Å²) in [6.07, 6.45) is 7.91. The Balaban J connectivity index is 1.62. The standard InChI is InChI=1S/C21H28FNO3/c22-18-10-8-17(9-11-18)21(12-2-1-3-13-21)14-23-19(24)15-4-6-16(7-5-15)20(25)26/h8-11,15-16H,1-7,12-14H2,(H,23,24)(H,25,26). The molecule has 1 aromatic rings. The van der Waals surface area contributed by atoms with E-state index < -0.39 is 5.97 Å². The molecule has 0 bridgehead atoms. The first-order valence-electron chi connectivity index (χ1n) is 9.77. The zero-order chi connectivity index (χ0) is 18.6. The Morgan fingerprint density at radius 3 is 2.15 bits per heavy atom. The van der Waals surface area contributed by atoms with Crippen LogP contribution in [-0.2, 0) is 15.0 Å². The van der Waals surface area contributed by atoms with Crippen molar-refractivity contribution in [1.29, 1.82) is 0 Å². The number of hydrogen-bond acceptors (Lipinski definition) is 2. The number of carboxylic acid groups (broad SMARTS) is 1. The molecule has 5 heteroatoms. The van der Waals surface area contributed by atoms with Crippen molar-refractivity contribution in [3.63, 3.8) is 0 Å². The van der Waals surface area contributed by atoms with E-state index in [1.807, 2.05) is 12.1 Å². The van der Waals surface area contributed by atoms with Crippen molar-refractivity contribution in [2.24, 2.45) is 11.8 Å². The average molecular weight is 361 g/mol. The van der Waals surface area contributed by atoms with Gasteiger partial charge in [0.15, 0.2) is 0 Å². The van der Waals surface area contributed by atoms with Gasteiger partial charge in [0.05, 0.1) is 5.92 Å². The van der Waals surface area contributed by atoms with E-state index in [9.17, 15) is 14.0 Å². The van der Waals surface area contributed by atoms with Gasteiger partial charge < -0.3 is 10.4 Å². The van der Waals surface area contributed by atoms with E-state index in [1.54, 1.807) is 0 Å². The summed E-state index contributed by atoms with van der Waals surface area (Å²) < 4.78 is 13.3. The molecule has 3 rings (SSSR count). The number of rotatable bonds is 5. The van der Waals surface area contributed by atoms with Crippen LogP contribution in [0.3, 0.4) is 0 Å². The molecule has 0 atom stereocenters. The summed E-state index contributed by atoms with van der Waals surface area (Å²) in [4.78, 5) is 23.7. The molecule has 0 aromatic heterocycles. The highest BCUT2D eigenvalue weighted by molar-refractivity contribution is 5.79. The zero-order valence-corrected chi connectivity index (χ0v) is 15.2. The number of carboxylic acids is 1. The summed E-state index contributed by atoms with van der Waals surface area (Å²) in [6, 6.07) is 6.71. The van der Waals surface area contributed by atoms with Gasteiger partial charge in [0.2, 0.25) is 5.91 Å². The van der Waals surface area contributed by atoms with Gasteiger partial charge in [-0.25, -0.2) is 4.39 Å². The summed E-state index contributed by atoms with van der Waals surface area (Å²) in [5, 5.41) is 12.2. The Kier molecular flexibility index (Phi) is 5.94. The van der Waals surface area contributed by atoms with Crippen LogP contribution in [0, 0.1) is 17.7 Å². The molecule has 0 unspecified atom stereocenters. The first-order valence-corrected chi connectivity index (χ1v) is 9.77. The van der Waals surface area contributed by atoms with Crippen molar-refractivity contribution >= 4 is 11.9 Å². The SMILES string of the molecule is O=C(O)C1CCC(C(=O)NCC2(c3ccc(F)cc3)CCCCC2)CC1. The molecule has 26 heavy (non-hydrogen) atoms. The van der Waals surface area contributed by atoms with Crippen molar-refractivity contribution in [3.05, 3.63) is 35.6 Å². The smallest absolute Gasteiger partial charge is 0.306 e. The third-order valence-corrected chi connectivity index (χ3v) is 6.32. The lowest BCUT2D eigenvalue weighted by Gasteiger charge is -2.38. The topological polar surface area (TPSA) is 66.4 Å². The van der Waals surface area contributed by atoms with Crippen molar-refractivity contribution in [2.75, 3.05) is 6.54 Å². The maximum Gasteiger partial charge on any atom is 0.306 e. The fraction of sp³-hybridized carbons (Fsp3) is 0.619. The minimum absolute atomic E-state index is 0.0425. The van der Waals surface area contributed by atoms with Gasteiger partial charge >= 0.3 is 5.97 Å². The molecule has 2 saturated carbocycles. The van der Waals surface area contributed by atoms with E-state index in [1.165, 1.54) is 18.6 Å². The van der Waals surface area contributed by atoms with E-state index in [-0.39, 0.29) is 29.0 Å². The van der Waals surface area contributed by atoms with E-state index in [0.29, 0.717) is 32.2 Å². The fourth-order valence-electron chi connectivity index (χ4n) is 4.60. The number of nitrogens with one attached hydrogen (secondary N) is 1. The summed E-state index contributed by atoms with van der Waals surface area (Å²) in [7, 11) is 0. The summed E-state index contributed by atoms with van der Waals surface area (Å²) in [6.45, 7) is 0.580. The third kappa shape index (κ3) is 4.25. The number of aliphatic carboxylic acids is 1. The zero-order valence-electron chi connectivity index (χ0n) is 15.2. The second-order valence-corrected chi connectivity index (χ2v) is 7.95. The average Bonchev–Trinajstić information content (AvgIpc) is 2.67. The van der Waals surface area contributed by atoms with Gasteiger partial charge in [-0.3, -0.25) is 9.59 Å². The predicted octanol–water partition coefficient (Wildman–Crippen LogP) is 4.03. The molecule has 0 saturated heterocycles. The Morgan fingerprint density at radius 1 is 1.00 bits per heavy atom. The van der Waals surface area contributed by atoms with Gasteiger partial charge in [0.1, 0.15) is 5.82 Å². The minimum atomic E-state index is -0.749. The van der Waals surface area contributed by atoms with Crippen LogP contribution >= 0.6 is 0 Å². The third-order valence-electron chi connectivity index (χ3n) is 6.32. The molecule has 2 fully saturated rings. The molecular formula is C21H28FNO3. The van der Waals surface area contributed by atoms with Crippen molar-refractivity contribution in [2.45, 2.75) is 63.2 Å². The van der Waals surface area contributed by atoms with Crippen LogP contribution in [0.2, 0.25) is 0 Å². The molecular weight excluding hydrogens is 333 g/mol. The van der Waals surface area contributed by atoms with Crippen LogP contribution in [0.1, 0.15) is 63.4 Å². The number of halogens is 1. The van der Waals surface area contributed by atoms with Crippen LogP contribution in [-0.4, -0.2) is 23.5 Å². The summed E-state index contributed by atoms with van der Waals surface area (Å²) in [5.74, 6) is -1.33. The van der Waals surface area contributed by atoms with Crippen LogP contribution in [0.4, 0.5) is 4.39 Å². The van der Waals surface area contributed by atoms with E-state index in [0.717, 1.165) is 31.2 Å². The number of hydrogen-bond donors (Lipinski definition) is 2. The quantitative estimate of drug-likeness (QED) is 0.832. The van der Waals surface area contributed by atoms with Gasteiger partial charge in [0.25, 0.3) is 0 Å². The van der Waals surface area contributed by atoms with E-state index in [2.05, 4.69) is 5.32 Å². The van der Waals surface area contributed by atoms with Crippen LogP contribution in [0.5, 0.6) is 0 Å². The molecule has 4 nitrogen and oxygen atoms in total. The molecule has 2 N–H and O–H groups in total. The summed E-state index contributed by atoms with van der Waals surface area (Å²) >= 11 is 0. The summed E-state index contributed by atoms with van der Waals surface area (Å²) in [5.41, 5.74) is 0.994. The van der Waals surface area contributed by atoms with Gasteiger partial charge in [-0.2, -0.15) is 0 Å². The highest BCUT2D eigenvalue weighted by Crippen LogP contribution is 2.39. The van der Waals surface area contributed by atoms with Gasteiger partial charge in [-0.15, -0.1) is 0 Å². The van der Waals surface area contributed by atoms with Gasteiger partial charge in [-0.05, 0) is 56.2 Å². The Morgan fingerprint density at radius 2 is 1.58 bits per heavy atom. The van der Waals surface area contributed by atoms with E-state index in [4.69, 9.17) is 5.11 Å². The maximum atomic E-state index is 13.3. The fourth-order valence-corrected chi connectivity index (χ4v) is 4.60. The minimum Gasteiger partial charge on any atom is -0.481 e. The highest BCUT2D eigenvalue weighted by Gasteiger charge is 2.36. The normalized spacial score (nSPS) is 25.4. The molecule has 0 spiro atoms. The lowest BCUT2D eigenvalue weighted by atomic mass is 9.69. The molecule has 142 valence electrons. The predicted molar refractivity (Wildman–Crippen MR) is 97.3 cm³/mol. The second-order valence-electron chi connectivity index (χ2n) is 7.95. The lowest BCUT2D eigenvalue weighted by molar-refractivity contribution is -0.144. The first-order chi connectivity index (χ1) is 12.5. The number of carbonyl (C=O) groups excluding carboxylic acids is 1. The molecule has 2 aliphatic carbocycles. The Bertz CT molecular complexity index is 629. The van der Waals surface area contributed by atoms with Gasteiger partial charge in [-0.1, -0.05) is 31.4 Å². The number of benzene rings is 1. The first kappa shape index (κ1) is 18.9. The molecule has 1 amide bonds. The Labute approximate surface area is 154 Å². The molecule has 2 aliphatic rings. The number of amides is 1. The van der Waals surface area contributed by atoms with Crippen molar-refractivity contribution < 1.29 is 19.1 Å². The number of carbonyl (C=O) groups is 2. The highest BCUT2D eigenvalue weighted by atomic mass is 19.1.